The Morgan fingerprint density at radius 2 is 2.53 bits per heavy atom. The minimum Gasteiger partial charge on any atom is -0.448 e. The molecule has 1 atom stereocenters. The Morgan fingerprint density at radius 3 is 3.13 bits per heavy atom. The normalized spacial score (nSPS) is 12.3. The third kappa shape index (κ3) is 4.78. The van der Waals surface area contributed by atoms with Crippen molar-refractivity contribution < 1.29 is 14.6 Å². The zero-order chi connectivity index (χ0) is 11.1. The van der Waals surface area contributed by atoms with Gasteiger partial charge in [0.25, 0.3) is 0 Å². The number of hydrogen-bond donors (Lipinski definition) is 3. The molecule has 0 aliphatic carbocycles. The Balaban J connectivity index is 2.08. The van der Waals surface area contributed by atoms with Gasteiger partial charge < -0.3 is 20.9 Å². The first kappa shape index (κ1) is 12.0. The van der Waals surface area contributed by atoms with Crippen LogP contribution in [-0.2, 0) is 4.74 Å². The summed E-state index contributed by atoms with van der Waals surface area (Å²) in [5.41, 5.74) is 4.77. The van der Waals surface area contributed by atoms with Crippen molar-refractivity contribution in [2.24, 2.45) is 5.73 Å². The topological polar surface area (TPSA) is 84.6 Å². The number of carbonyl (C=O) groups is 1. The van der Waals surface area contributed by atoms with Crippen molar-refractivity contribution in [2.75, 3.05) is 19.7 Å². The van der Waals surface area contributed by atoms with Crippen molar-refractivity contribution in [1.82, 2.24) is 5.32 Å². The summed E-state index contributed by atoms with van der Waals surface area (Å²) in [5, 5.41) is 14.5. The molecule has 0 saturated carbocycles. The van der Waals surface area contributed by atoms with Gasteiger partial charge in [-0.2, -0.15) is 0 Å². The van der Waals surface area contributed by atoms with Crippen LogP contribution in [0.3, 0.4) is 0 Å². The highest BCUT2D eigenvalue weighted by Crippen LogP contribution is 2.17. The van der Waals surface area contributed by atoms with E-state index in [-0.39, 0.29) is 6.61 Å². The summed E-state index contributed by atoms with van der Waals surface area (Å²) in [6.45, 7) is 1.13. The summed E-state index contributed by atoms with van der Waals surface area (Å²) in [6, 6.07) is 3.76. The lowest BCUT2D eigenvalue weighted by Crippen LogP contribution is -2.27. The first-order valence-electron chi connectivity index (χ1n) is 4.54. The van der Waals surface area contributed by atoms with Gasteiger partial charge in [0, 0.05) is 18.0 Å². The molecule has 1 aromatic heterocycles. The van der Waals surface area contributed by atoms with Gasteiger partial charge in [-0.15, -0.1) is 11.3 Å². The van der Waals surface area contributed by atoms with Gasteiger partial charge in [-0.05, 0) is 11.4 Å². The number of hydrogen-bond acceptors (Lipinski definition) is 5. The predicted molar refractivity (Wildman–Crippen MR) is 57.7 cm³/mol. The van der Waals surface area contributed by atoms with Crippen molar-refractivity contribution in [3.63, 3.8) is 0 Å². The molecule has 1 heterocycles. The molecule has 0 bridgehead atoms. The molecule has 0 spiro atoms. The Bertz CT molecular complexity index is 290. The highest BCUT2D eigenvalue weighted by Gasteiger charge is 2.06. The third-order valence-electron chi connectivity index (χ3n) is 1.73. The lowest BCUT2D eigenvalue weighted by Gasteiger charge is -2.09. The number of aliphatic hydroxyl groups excluding tert-OH is 1. The maximum Gasteiger partial charge on any atom is 0.404 e. The third-order valence-corrected chi connectivity index (χ3v) is 2.71. The standard InChI is InChI=1S/C9H14N2O3S/c10-9(13)14-4-3-11-6-7(12)8-2-1-5-15-8/h1-2,5,7,11-12H,3-4,6H2,(H2,10,13). The molecule has 1 unspecified atom stereocenters. The van der Waals surface area contributed by atoms with Gasteiger partial charge in [0.1, 0.15) is 12.7 Å². The SMILES string of the molecule is NC(=O)OCCNCC(O)c1cccs1. The van der Waals surface area contributed by atoms with E-state index in [1.807, 2.05) is 17.5 Å². The van der Waals surface area contributed by atoms with Gasteiger partial charge in [-0.25, -0.2) is 4.79 Å². The number of amides is 1. The van der Waals surface area contributed by atoms with E-state index < -0.39 is 12.2 Å². The molecular formula is C9H14N2O3S. The molecule has 6 heteroatoms. The maximum absolute atomic E-state index is 10.2. The molecule has 0 aliphatic heterocycles. The minimum atomic E-state index is -0.782. The zero-order valence-corrected chi connectivity index (χ0v) is 9.00. The van der Waals surface area contributed by atoms with Crippen molar-refractivity contribution in [2.45, 2.75) is 6.10 Å². The van der Waals surface area contributed by atoms with E-state index in [4.69, 9.17) is 5.73 Å². The van der Waals surface area contributed by atoms with Crippen LogP contribution in [0.1, 0.15) is 11.0 Å². The van der Waals surface area contributed by atoms with Crippen LogP contribution in [0.5, 0.6) is 0 Å². The number of carbonyl (C=O) groups excluding carboxylic acids is 1. The second kappa shape index (κ2) is 6.39. The van der Waals surface area contributed by atoms with Gasteiger partial charge in [0.05, 0.1) is 0 Å². The number of thiophene rings is 1. The smallest absolute Gasteiger partial charge is 0.404 e. The first-order chi connectivity index (χ1) is 7.20. The maximum atomic E-state index is 10.2. The van der Waals surface area contributed by atoms with E-state index in [1.54, 1.807) is 0 Å². The quantitative estimate of drug-likeness (QED) is 0.620. The number of nitrogens with two attached hydrogens (primary N) is 1. The minimum absolute atomic E-state index is 0.215. The molecular weight excluding hydrogens is 216 g/mol. The van der Waals surface area contributed by atoms with Crippen molar-refractivity contribution in [3.05, 3.63) is 22.4 Å². The summed E-state index contributed by atoms with van der Waals surface area (Å²) in [4.78, 5) is 11.1. The van der Waals surface area contributed by atoms with E-state index in [1.165, 1.54) is 11.3 Å². The molecule has 4 N–H and O–H groups in total. The molecule has 1 amide bonds. The van der Waals surface area contributed by atoms with Gasteiger partial charge in [0.15, 0.2) is 0 Å². The van der Waals surface area contributed by atoms with Crippen LogP contribution in [0.2, 0.25) is 0 Å². The highest BCUT2D eigenvalue weighted by molar-refractivity contribution is 7.10. The van der Waals surface area contributed by atoms with Gasteiger partial charge in [-0.3, -0.25) is 0 Å². The van der Waals surface area contributed by atoms with Crippen molar-refractivity contribution in [3.8, 4) is 0 Å². The van der Waals surface area contributed by atoms with Gasteiger partial charge >= 0.3 is 6.09 Å². The zero-order valence-electron chi connectivity index (χ0n) is 8.18. The monoisotopic (exact) mass is 230 g/mol. The molecule has 5 nitrogen and oxygen atoms in total. The largest absolute Gasteiger partial charge is 0.448 e. The molecule has 0 aromatic carbocycles. The summed E-state index contributed by atoms with van der Waals surface area (Å²) < 4.78 is 4.51. The van der Waals surface area contributed by atoms with E-state index in [0.717, 1.165) is 4.88 Å². The number of primary amides is 1. The Labute approximate surface area is 91.9 Å². The van der Waals surface area contributed by atoms with Crippen LogP contribution in [0, 0.1) is 0 Å². The highest BCUT2D eigenvalue weighted by atomic mass is 32.1. The summed E-state index contributed by atoms with van der Waals surface area (Å²) in [6.07, 6.45) is -1.30. The van der Waals surface area contributed by atoms with E-state index in [9.17, 15) is 9.90 Å². The second-order valence-electron chi connectivity index (χ2n) is 2.90. The van der Waals surface area contributed by atoms with Crippen LogP contribution < -0.4 is 11.1 Å². The van der Waals surface area contributed by atoms with Gasteiger partial charge in [0.2, 0.25) is 0 Å². The first-order valence-corrected chi connectivity index (χ1v) is 5.42. The molecule has 0 fully saturated rings. The molecule has 0 radical (unpaired) electrons. The van der Waals surface area contributed by atoms with Crippen LogP contribution in [0.15, 0.2) is 17.5 Å². The fourth-order valence-electron chi connectivity index (χ4n) is 1.04. The number of nitrogens with one attached hydrogen (secondary N) is 1. The van der Waals surface area contributed by atoms with Crippen molar-refractivity contribution >= 4 is 17.4 Å². The fourth-order valence-corrected chi connectivity index (χ4v) is 1.76. The van der Waals surface area contributed by atoms with Crippen LogP contribution in [0.4, 0.5) is 4.79 Å². The van der Waals surface area contributed by atoms with Crippen LogP contribution >= 0.6 is 11.3 Å². The van der Waals surface area contributed by atoms with Crippen molar-refractivity contribution in [1.29, 1.82) is 0 Å². The molecule has 0 aliphatic rings. The number of aliphatic hydroxyl groups is 1. The molecule has 1 aromatic rings. The molecule has 0 saturated heterocycles. The van der Waals surface area contributed by atoms with Crippen LogP contribution in [0.25, 0.3) is 0 Å². The molecule has 15 heavy (non-hydrogen) atoms. The lowest BCUT2D eigenvalue weighted by atomic mass is 10.3. The summed E-state index contributed by atoms with van der Waals surface area (Å²) in [7, 11) is 0. The summed E-state index contributed by atoms with van der Waals surface area (Å²) in [5.74, 6) is 0. The predicted octanol–water partition coefficient (Wildman–Crippen LogP) is 0.466. The average molecular weight is 230 g/mol. The molecule has 1 rings (SSSR count). The number of rotatable bonds is 6. The van der Waals surface area contributed by atoms with Gasteiger partial charge in [-0.1, -0.05) is 6.07 Å². The number of ether oxygens (including phenoxy) is 1. The Kier molecular flexibility index (Phi) is 5.09. The lowest BCUT2D eigenvalue weighted by molar-refractivity contribution is 0.150. The van der Waals surface area contributed by atoms with E-state index in [0.29, 0.717) is 13.1 Å². The van der Waals surface area contributed by atoms with Crippen LogP contribution in [-0.4, -0.2) is 30.9 Å². The van der Waals surface area contributed by atoms with E-state index >= 15 is 0 Å². The van der Waals surface area contributed by atoms with E-state index in [2.05, 4.69) is 10.1 Å². The molecule has 84 valence electrons. The Hall–Kier alpha value is -1.11. The fraction of sp³-hybridized carbons (Fsp3) is 0.444. The second-order valence-corrected chi connectivity index (χ2v) is 3.88. The average Bonchev–Trinajstić information content (AvgIpc) is 2.69. The Morgan fingerprint density at radius 1 is 1.73 bits per heavy atom. The summed E-state index contributed by atoms with van der Waals surface area (Å²) >= 11 is 1.50.